The van der Waals surface area contributed by atoms with Crippen LogP contribution in [0.5, 0.6) is 5.88 Å². The molecule has 2 aliphatic heterocycles. The summed E-state index contributed by atoms with van der Waals surface area (Å²) in [7, 11) is 1.69. The molecular formula is C18H17N5O2. The number of aromatic nitrogens is 2. The Labute approximate surface area is 144 Å². The van der Waals surface area contributed by atoms with Gasteiger partial charge in [0, 0.05) is 18.4 Å². The van der Waals surface area contributed by atoms with Crippen LogP contribution in [0.2, 0.25) is 0 Å². The van der Waals surface area contributed by atoms with Crippen molar-refractivity contribution in [3.63, 3.8) is 0 Å². The first-order valence-corrected chi connectivity index (χ1v) is 8.06. The van der Waals surface area contributed by atoms with Gasteiger partial charge in [-0.25, -0.2) is 0 Å². The maximum absolute atomic E-state index is 13.5. The molecule has 2 aliphatic rings. The van der Waals surface area contributed by atoms with E-state index >= 15 is 0 Å². The lowest BCUT2D eigenvalue weighted by atomic mass is 9.64. The van der Waals surface area contributed by atoms with E-state index in [9.17, 15) is 10.1 Å². The number of carbonyl (C=O) groups excluding carboxylic acids is 1. The summed E-state index contributed by atoms with van der Waals surface area (Å²) in [6, 6.07) is 9.53. The van der Waals surface area contributed by atoms with E-state index in [1.165, 1.54) is 0 Å². The number of benzene rings is 1. The number of nitriles is 1. The number of hydrogen-bond acceptors (Lipinski definition) is 5. The molecule has 0 saturated heterocycles. The highest BCUT2D eigenvalue weighted by Crippen LogP contribution is 2.56. The summed E-state index contributed by atoms with van der Waals surface area (Å²) in [6.45, 7) is 3.97. The van der Waals surface area contributed by atoms with Gasteiger partial charge in [-0.05, 0) is 17.5 Å². The maximum atomic E-state index is 13.5. The first kappa shape index (κ1) is 15.4. The molecule has 3 heterocycles. The Morgan fingerprint density at radius 1 is 1.44 bits per heavy atom. The highest BCUT2D eigenvalue weighted by Gasteiger charge is 2.63. The Balaban J connectivity index is 2.16. The Morgan fingerprint density at radius 2 is 2.16 bits per heavy atom. The molecule has 1 aromatic carbocycles. The highest BCUT2D eigenvalue weighted by atomic mass is 16.5. The third-order valence-electron chi connectivity index (χ3n) is 5.10. The lowest BCUT2D eigenvalue weighted by Crippen LogP contribution is -2.52. The van der Waals surface area contributed by atoms with Gasteiger partial charge in [0.05, 0.1) is 11.6 Å². The van der Waals surface area contributed by atoms with Crippen molar-refractivity contribution in [1.29, 1.82) is 10.7 Å². The summed E-state index contributed by atoms with van der Waals surface area (Å²) in [5.74, 6) is -1.28. The van der Waals surface area contributed by atoms with Crippen LogP contribution in [-0.4, -0.2) is 29.0 Å². The Bertz CT molecular complexity index is 955. The fourth-order valence-corrected chi connectivity index (χ4v) is 3.98. The van der Waals surface area contributed by atoms with Gasteiger partial charge in [0.1, 0.15) is 11.3 Å². The normalized spacial score (nSPS) is 24.3. The maximum Gasteiger partial charge on any atom is 0.244 e. The number of anilines is 1. The fourth-order valence-electron chi connectivity index (χ4n) is 3.98. The Hall–Kier alpha value is -3.14. The molecule has 4 rings (SSSR count). The summed E-state index contributed by atoms with van der Waals surface area (Å²) in [5, 5.41) is 25.2. The number of para-hydroxylation sites is 1. The Kier molecular flexibility index (Phi) is 3.03. The molecule has 2 atom stereocenters. The van der Waals surface area contributed by atoms with Crippen LogP contribution in [0.3, 0.4) is 0 Å². The minimum Gasteiger partial charge on any atom is -0.422 e. The van der Waals surface area contributed by atoms with Gasteiger partial charge < -0.3 is 9.64 Å². The molecular weight excluding hydrogens is 318 g/mol. The molecule has 1 spiro atoms. The second-order valence-corrected chi connectivity index (χ2v) is 6.69. The van der Waals surface area contributed by atoms with Crippen LogP contribution >= 0.6 is 0 Å². The van der Waals surface area contributed by atoms with Gasteiger partial charge in [0.25, 0.3) is 0 Å². The van der Waals surface area contributed by atoms with Crippen LogP contribution in [0.15, 0.2) is 24.3 Å². The number of ether oxygens (including phenoxy) is 1. The van der Waals surface area contributed by atoms with E-state index < -0.39 is 11.3 Å². The van der Waals surface area contributed by atoms with Crippen molar-refractivity contribution in [1.82, 2.24) is 10.2 Å². The second kappa shape index (κ2) is 4.93. The number of nitrogens with one attached hydrogen (secondary N) is 2. The van der Waals surface area contributed by atoms with E-state index in [0.717, 1.165) is 11.4 Å². The number of rotatable bonds is 1. The van der Waals surface area contributed by atoms with Crippen molar-refractivity contribution in [3.05, 3.63) is 41.1 Å². The molecule has 1 amide bonds. The SMILES string of the molecule is CC(C)c1[nH]nc2c1C1(C(=O)N(C)c3ccccc31)C(C#N)C(=N)O2. The molecule has 7 nitrogen and oxygen atoms in total. The first-order chi connectivity index (χ1) is 11.9. The molecule has 0 aliphatic carbocycles. The van der Waals surface area contributed by atoms with E-state index in [4.69, 9.17) is 10.1 Å². The molecule has 7 heteroatoms. The molecule has 0 saturated carbocycles. The average molecular weight is 335 g/mol. The monoisotopic (exact) mass is 335 g/mol. The second-order valence-electron chi connectivity index (χ2n) is 6.69. The van der Waals surface area contributed by atoms with E-state index in [0.29, 0.717) is 11.1 Å². The third kappa shape index (κ3) is 1.66. The first-order valence-electron chi connectivity index (χ1n) is 8.06. The number of hydrogen-bond donors (Lipinski definition) is 2. The fraction of sp³-hybridized carbons (Fsp3) is 0.333. The van der Waals surface area contributed by atoms with Gasteiger partial charge in [0.2, 0.25) is 17.7 Å². The highest BCUT2D eigenvalue weighted by molar-refractivity contribution is 6.14. The topological polar surface area (TPSA) is 106 Å². The van der Waals surface area contributed by atoms with Gasteiger partial charge in [-0.1, -0.05) is 32.0 Å². The van der Waals surface area contributed by atoms with Crippen LogP contribution in [0.25, 0.3) is 0 Å². The van der Waals surface area contributed by atoms with Gasteiger partial charge >= 0.3 is 0 Å². The lowest BCUT2D eigenvalue weighted by molar-refractivity contribution is -0.122. The van der Waals surface area contributed by atoms with Crippen LogP contribution in [0.4, 0.5) is 5.69 Å². The van der Waals surface area contributed by atoms with E-state index in [-0.39, 0.29) is 23.6 Å². The van der Waals surface area contributed by atoms with Crippen molar-refractivity contribution >= 4 is 17.5 Å². The third-order valence-corrected chi connectivity index (χ3v) is 5.10. The summed E-state index contributed by atoms with van der Waals surface area (Å²) >= 11 is 0. The summed E-state index contributed by atoms with van der Waals surface area (Å²) in [6.07, 6.45) is 0. The largest absolute Gasteiger partial charge is 0.422 e. The van der Waals surface area contributed by atoms with Crippen molar-refractivity contribution in [2.24, 2.45) is 5.92 Å². The van der Waals surface area contributed by atoms with Gasteiger partial charge in [-0.15, -0.1) is 5.10 Å². The number of carbonyl (C=O) groups is 1. The number of likely N-dealkylation sites (N-methyl/N-ethyl adjacent to an activating group) is 1. The van der Waals surface area contributed by atoms with Crippen LogP contribution in [0, 0.1) is 22.7 Å². The van der Waals surface area contributed by atoms with Gasteiger partial charge in [-0.2, -0.15) is 5.26 Å². The molecule has 25 heavy (non-hydrogen) atoms. The zero-order valence-electron chi connectivity index (χ0n) is 14.1. The molecule has 0 radical (unpaired) electrons. The number of fused-ring (bicyclic) bond motifs is 4. The minimum absolute atomic E-state index is 0.0502. The molecule has 1 aromatic heterocycles. The predicted molar refractivity (Wildman–Crippen MR) is 90.8 cm³/mol. The smallest absolute Gasteiger partial charge is 0.244 e. The van der Waals surface area contributed by atoms with Gasteiger partial charge in [0.15, 0.2) is 0 Å². The molecule has 2 unspecified atom stereocenters. The molecule has 2 N–H and O–H groups in total. The number of nitrogens with zero attached hydrogens (tertiary/aromatic N) is 3. The molecule has 0 fully saturated rings. The lowest BCUT2D eigenvalue weighted by Gasteiger charge is -2.36. The average Bonchev–Trinajstić information content (AvgIpc) is 3.10. The predicted octanol–water partition coefficient (Wildman–Crippen LogP) is 2.31. The number of H-pyrrole nitrogens is 1. The van der Waals surface area contributed by atoms with E-state index in [1.807, 2.05) is 38.1 Å². The van der Waals surface area contributed by atoms with Crippen LogP contribution in [0.1, 0.15) is 36.6 Å². The standard InChI is InChI=1S/C18H17N5O2/c1-9(2)14-13-16(22-21-14)25-15(20)11(8-19)18(13)10-6-4-5-7-12(10)23(3)17(18)24/h4-7,9,11,20H,1-3H3,(H,21,22). The molecule has 0 bridgehead atoms. The molecule has 126 valence electrons. The summed E-state index contributed by atoms with van der Waals surface area (Å²) < 4.78 is 5.50. The van der Waals surface area contributed by atoms with Gasteiger partial charge in [-0.3, -0.25) is 15.3 Å². The number of amides is 1. The summed E-state index contributed by atoms with van der Waals surface area (Å²) in [5.41, 5.74) is 1.47. The number of aromatic amines is 1. The van der Waals surface area contributed by atoms with E-state index in [2.05, 4.69) is 16.3 Å². The molecule has 2 aromatic rings. The quantitative estimate of drug-likeness (QED) is 0.834. The summed E-state index contributed by atoms with van der Waals surface area (Å²) in [4.78, 5) is 15.0. The zero-order chi connectivity index (χ0) is 17.9. The van der Waals surface area contributed by atoms with Crippen molar-refractivity contribution in [2.45, 2.75) is 25.2 Å². The Morgan fingerprint density at radius 3 is 2.84 bits per heavy atom. The van der Waals surface area contributed by atoms with Crippen molar-refractivity contribution in [2.75, 3.05) is 11.9 Å². The van der Waals surface area contributed by atoms with Crippen LogP contribution < -0.4 is 9.64 Å². The minimum atomic E-state index is -1.31. The van der Waals surface area contributed by atoms with Crippen molar-refractivity contribution < 1.29 is 9.53 Å². The van der Waals surface area contributed by atoms with Crippen LogP contribution in [-0.2, 0) is 10.2 Å². The zero-order valence-corrected chi connectivity index (χ0v) is 14.1. The van der Waals surface area contributed by atoms with Crippen molar-refractivity contribution in [3.8, 4) is 11.9 Å². The van der Waals surface area contributed by atoms with E-state index in [1.54, 1.807) is 11.9 Å².